The van der Waals surface area contributed by atoms with Crippen molar-refractivity contribution in [3.05, 3.63) is 23.9 Å². The maximum absolute atomic E-state index is 6.05. The van der Waals surface area contributed by atoms with E-state index in [1.807, 2.05) is 12.1 Å². The third-order valence-electron chi connectivity index (χ3n) is 3.56. The van der Waals surface area contributed by atoms with Gasteiger partial charge in [0.2, 0.25) is 5.88 Å². The van der Waals surface area contributed by atoms with Crippen LogP contribution >= 0.6 is 24.0 Å². The number of nitrogens with zero attached hydrogens (tertiary/aromatic N) is 3. The molecular weight excluding hydrogens is 367 g/mol. The van der Waals surface area contributed by atoms with Gasteiger partial charge in [-0.3, -0.25) is 0 Å². The van der Waals surface area contributed by atoms with Gasteiger partial charge in [-0.25, -0.2) is 9.98 Å². The lowest BCUT2D eigenvalue weighted by molar-refractivity contribution is 0.277. The van der Waals surface area contributed by atoms with E-state index in [1.165, 1.54) is 12.8 Å². The number of hydrogen-bond donors (Lipinski definition) is 1. The van der Waals surface area contributed by atoms with Gasteiger partial charge in [0.1, 0.15) is 0 Å². The van der Waals surface area contributed by atoms with Crippen LogP contribution in [-0.2, 0) is 6.54 Å². The highest BCUT2D eigenvalue weighted by Crippen LogP contribution is 2.17. The number of nitrogens with two attached hydrogens (primary N) is 1. The number of ether oxygens (including phenoxy) is 1. The zero-order valence-corrected chi connectivity index (χ0v) is 14.4. The van der Waals surface area contributed by atoms with Crippen molar-refractivity contribution in [2.45, 2.75) is 26.3 Å². The molecule has 0 unspecified atom stereocenters. The number of pyridine rings is 1. The summed E-state index contributed by atoms with van der Waals surface area (Å²) in [6.07, 6.45) is 4.08. The molecule has 1 fully saturated rings. The zero-order valence-electron chi connectivity index (χ0n) is 12.1. The second-order valence-electron chi connectivity index (χ2n) is 5.02. The van der Waals surface area contributed by atoms with Crippen LogP contribution in [0.15, 0.2) is 23.3 Å². The van der Waals surface area contributed by atoms with Gasteiger partial charge in [0.15, 0.2) is 5.96 Å². The summed E-state index contributed by atoms with van der Waals surface area (Å²) in [6.45, 7) is 4.79. The molecule has 0 bridgehead atoms. The van der Waals surface area contributed by atoms with Crippen LogP contribution in [0.1, 0.15) is 25.3 Å². The van der Waals surface area contributed by atoms with E-state index < -0.39 is 0 Å². The first-order chi connectivity index (χ1) is 9.20. The topological polar surface area (TPSA) is 63.7 Å². The van der Waals surface area contributed by atoms with Crippen molar-refractivity contribution in [1.29, 1.82) is 0 Å². The second kappa shape index (κ2) is 8.28. The number of likely N-dealkylation sites (tertiary alicyclic amines) is 1. The normalized spacial score (nSPS) is 16.7. The minimum atomic E-state index is 0. The minimum Gasteiger partial charge on any atom is -0.481 e. The van der Waals surface area contributed by atoms with E-state index in [0.29, 0.717) is 18.4 Å². The lowest BCUT2D eigenvalue weighted by Gasteiger charge is -2.31. The van der Waals surface area contributed by atoms with E-state index >= 15 is 0 Å². The number of piperidine rings is 1. The number of hydrogen-bond acceptors (Lipinski definition) is 3. The van der Waals surface area contributed by atoms with E-state index in [1.54, 1.807) is 13.3 Å². The average molecular weight is 390 g/mol. The van der Waals surface area contributed by atoms with Gasteiger partial charge < -0.3 is 15.4 Å². The molecule has 112 valence electrons. The van der Waals surface area contributed by atoms with Crippen LogP contribution in [0.4, 0.5) is 0 Å². The number of halogens is 1. The Morgan fingerprint density at radius 3 is 2.85 bits per heavy atom. The van der Waals surface area contributed by atoms with Crippen molar-refractivity contribution < 1.29 is 4.74 Å². The molecule has 0 aromatic carbocycles. The molecule has 5 nitrogen and oxygen atoms in total. The van der Waals surface area contributed by atoms with E-state index in [4.69, 9.17) is 10.5 Å². The van der Waals surface area contributed by atoms with Crippen LogP contribution in [0.3, 0.4) is 0 Å². The predicted molar refractivity (Wildman–Crippen MR) is 91.5 cm³/mol. The van der Waals surface area contributed by atoms with Crippen LogP contribution in [0, 0.1) is 5.92 Å². The third-order valence-corrected chi connectivity index (χ3v) is 3.56. The van der Waals surface area contributed by atoms with Gasteiger partial charge in [-0.15, -0.1) is 24.0 Å². The Kier molecular flexibility index (Phi) is 7.04. The van der Waals surface area contributed by atoms with Crippen molar-refractivity contribution in [1.82, 2.24) is 9.88 Å². The SMILES string of the molecule is COc1ncccc1CN=C(N)N1CCC(C)CC1.I. The quantitative estimate of drug-likeness (QED) is 0.489. The molecule has 1 saturated heterocycles. The van der Waals surface area contributed by atoms with Gasteiger partial charge >= 0.3 is 0 Å². The molecule has 0 radical (unpaired) electrons. The molecule has 1 aliphatic rings. The molecular formula is C14H23IN4O. The summed E-state index contributed by atoms with van der Waals surface area (Å²) in [5.41, 5.74) is 7.00. The molecule has 0 amide bonds. The summed E-state index contributed by atoms with van der Waals surface area (Å²) in [6, 6.07) is 3.84. The van der Waals surface area contributed by atoms with Crippen molar-refractivity contribution in [3.63, 3.8) is 0 Å². The fourth-order valence-electron chi connectivity index (χ4n) is 2.23. The number of methoxy groups -OCH3 is 1. The first-order valence-electron chi connectivity index (χ1n) is 6.73. The Morgan fingerprint density at radius 1 is 1.50 bits per heavy atom. The molecule has 1 aromatic rings. The second-order valence-corrected chi connectivity index (χ2v) is 5.02. The third kappa shape index (κ3) is 4.50. The predicted octanol–water partition coefficient (Wildman–Crippen LogP) is 2.25. The largest absolute Gasteiger partial charge is 0.481 e. The first kappa shape index (κ1) is 17.0. The number of guanidine groups is 1. The van der Waals surface area contributed by atoms with Crippen LogP contribution in [0.5, 0.6) is 5.88 Å². The Hall–Kier alpha value is -1.05. The number of aromatic nitrogens is 1. The summed E-state index contributed by atoms with van der Waals surface area (Å²) in [4.78, 5) is 10.8. The molecule has 1 aromatic heterocycles. The summed E-state index contributed by atoms with van der Waals surface area (Å²) >= 11 is 0. The minimum absolute atomic E-state index is 0. The molecule has 2 rings (SSSR count). The Balaban J connectivity index is 0.00000200. The number of aliphatic imine (C=N–C) groups is 1. The van der Waals surface area contributed by atoms with E-state index in [2.05, 4.69) is 21.8 Å². The molecule has 1 aliphatic heterocycles. The molecule has 2 N–H and O–H groups in total. The fourth-order valence-corrected chi connectivity index (χ4v) is 2.23. The Bertz CT molecular complexity index is 445. The monoisotopic (exact) mass is 390 g/mol. The van der Waals surface area contributed by atoms with Crippen molar-refractivity contribution in [2.75, 3.05) is 20.2 Å². The van der Waals surface area contributed by atoms with Gasteiger partial charge in [0, 0.05) is 24.8 Å². The Labute approximate surface area is 137 Å². The van der Waals surface area contributed by atoms with Gasteiger partial charge in [-0.05, 0) is 24.8 Å². The standard InChI is InChI=1S/C14H22N4O.HI/c1-11-5-8-18(9-6-11)14(15)17-10-12-4-3-7-16-13(12)19-2;/h3-4,7,11H,5-6,8-10H2,1-2H3,(H2,15,17);1H. The lowest BCUT2D eigenvalue weighted by atomic mass is 10.00. The Morgan fingerprint density at radius 2 is 2.20 bits per heavy atom. The van der Waals surface area contributed by atoms with Crippen LogP contribution in [0.2, 0.25) is 0 Å². The molecule has 20 heavy (non-hydrogen) atoms. The zero-order chi connectivity index (χ0) is 13.7. The summed E-state index contributed by atoms with van der Waals surface area (Å²) in [5, 5.41) is 0. The average Bonchev–Trinajstić information content (AvgIpc) is 2.45. The van der Waals surface area contributed by atoms with E-state index in [9.17, 15) is 0 Å². The highest BCUT2D eigenvalue weighted by Gasteiger charge is 2.16. The van der Waals surface area contributed by atoms with Gasteiger partial charge in [0.05, 0.1) is 13.7 Å². The number of rotatable bonds is 3. The fraction of sp³-hybridized carbons (Fsp3) is 0.571. The molecule has 6 heteroatoms. The maximum Gasteiger partial charge on any atom is 0.218 e. The summed E-state index contributed by atoms with van der Waals surface area (Å²) < 4.78 is 5.20. The lowest BCUT2D eigenvalue weighted by Crippen LogP contribution is -2.42. The van der Waals surface area contributed by atoms with Crippen molar-refractivity contribution >= 4 is 29.9 Å². The first-order valence-corrected chi connectivity index (χ1v) is 6.73. The van der Waals surface area contributed by atoms with Crippen molar-refractivity contribution in [2.24, 2.45) is 16.6 Å². The highest BCUT2D eigenvalue weighted by molar-refractivity contribution is 14.0. The van der Waals surface area contributed by atoms with Gasteiger partial charge in [0.25, 0.3) is 0 Å². The maximum atomic E-state index is 6.05. The smallest absolute Gasteiger partial charge is 0.218 e. The molecule has 0 spiro atoms. The van der Waals surface area contributed by atoms with Crippen molar-refractivity contribution in [3.8, 4) is 5.88 Å². The molecule has 0 aliphatic carbocycles. The van der Waals surface area contributed by atoms with Gasteiger partial charge in [-0.2, -0.15) is 0 Å². The summed E-state index contributed by atoms with van der Waals surface area (Å²) in [5.74, 6) is 2.03. The van der Waals surface area contributed by atoms with E-state index in [-0.39, 0.29) is 24.0 Å². The van der Waals surface area contributed by atoms with E-state index in [0.717, 1.165) is 24.6 Å². The highest BCUT2D eigenvalue weighted by atomic mass is 127. The summed E-state index contributed by atoms with van der Waals surface area (Å²) in [7, 11) is 1.62. The van der Waals surface area contributed by atoms with Crippen LogP contribution in [-0.4, -0.2) is 36.0 Å². The molecule has 0 atom stereocenters. The van der Waals surface area contributed by atoms with Gasteiger partial charge in [-0.1, -0.05) is 13.0 Å². The van der Waals surface area contributed by atoms with Crippen LogP contribution < -0.4 is 10.5 Å². The van der Waals surface area contributed by atoms with Crippen LogP contribution in [0.25, 0.3) is 0 Å². The molecule has 0 saturated carbocycles. The molecule has 2 heterocycles.